The Morgan fingerprint density at radius 2 is 1.74 bits per heavy atom. The third kappa shape index (κ3) is 3.12. The average Bonchev–Trinajstić information content (AvgIpc) is 3.17. The highest BCUT2D eigenvalue weighted by atomic mass is 16.7. The Hall–Kier alpha value is -1.10. The molecule has 3 saturated carbocycles. The Bertz CT molecular complexity index is 474. The topological polar surface area (TPSA) is 72.8 Å². The van der Waals surface area contributed by atoms with Crippen LogP contribution in [0.1, 0.15) is 52.9 Å². The number of rotatable bonds is 6. The van der Waals surface area contributed by atoms with Gasteiger partial charge in [-0.2, -0.15) is 0 Å². The lowest BCUT2D eigenvalue weighted by atomic mass is 9.80. The standard InChI is InChI=1S/C18H28O5/c1-9(2)18(23-17(21)10(3)16(19)20)22-15-8-11-7-14(15)13-6-4-5-12(11)13/h9-15,18H,4-8H2,1-3H3,(H,19,20). The van der Waals surface area contributed by atoms with E-state index in [0.29, 0.717) is 5.92 Å². The minimum atomic E-state index is -1.16. The molecule has 1 N–H and O–H groups in total. The van der Waals surface area contributed by atoms with Gasteiger partial charge < -0.3 is 14.6 Å². The van der Waals surface area contributed by atoms with Crippen molar-refractivity contribution in [3.8, 4) is 0 Å². The SMILES string of the molecule is CC(C(=O)O)C(=O)OC(OC1CC2CC1C1CCCC21)C(C)C. The zero-order chi connectivity index (χ0) is 16.7. The molecule has 0 radical (unpaired) electrons. The molecule has 0 aliphatic heterocycles. The fourth-order valence-electron chi connectivity index (χ4n) is 4.97. The third-order valence-electron chi connectivity index (χ3n) is 6.18. The van der Waals surface area contributed by atoms with Crippen molar-refractivity contribution < 1.29 is 24.2 Å². The van der Waals surface area contributed by atoms with Gasteiger partial charge in [0.2, 0.25) is 6.29 Å². The van der Waals surface area contributed by atoms with E-state index in [1.807, 2.05) is 13.8 Å². The van der Waals surface area contributed by atoms with Gasteiger partial charge in [-0.3, -0.25) is 9.59 Å². The van der Waals surface area contributed by atoms with Crippen molar-refractivity contribution in [1.82, 2.24) is 0 Å². The normalized spacial score (nSPS) is 37.7. The maximum atomic E-state index is 11.9. The van der Waals surface area contributed by atoms with E-state index in [1.165, 1.54) is 32.6 Å². The maximum absolute atomic E-state index is 11.9. The van der Waals surface area contributed by atoms with Gasteiger partial charge in [0.05, 0.1) is 6.10 Å². The molecule has 0 amide bonds. The molecule has 7 unspecified atom stereocenters. The summed E-state index contributed by atoms with van der Waals surface area (Å²) < 4.78 is 11.6. The van der Waals surface area contributed by atoms with E-state index in [0.717, 1.165) is 24.2 Å². The molecule has 3 aliphatic rings. The number of ether oxygens (including phenoxy) is 2. The quantitative estimate of drug-likeness (QED) is 0.462. The lowest BCUT2D eigenvalue weighted by molar-refractivity contribution is -0.213. The van der Waals surface area contributed by atoms with E-state index < -0.39 is 24.1 Å². The highest BCUT2D eigenvalue weighted by Gasteiger charge is 2.54. The molecular formula is C18H28O5. The summed E-state index contributed by atoms with van der Waals surface area (Å²) in [6.07, 6.45) is 5.87. The van der Waals surface area contributed by atoms with E-state index in [4.69, 9.17) is 14.6 Å². The van der Waals surface area contributed by atoms with Crippen LogP contribution in [0.4, 0.5) is 0 Å². The number of hydrogen-bond donors (Lipinski definition) is 1. The van der Waals surface area contributed by atoms with Crippen LogP contribution in [0.15, 0.2) is 0 Å². The van der Waals surface area contributed by atoms with Gasteiger partial charge in [-0.15, -0.1) is 0 Å². The van der Waals surface area contributed by atoms with E-state index in [1.54, 1.807) is 0 Å². The predicted octanol–water partition coefficient (Wildman–Crippen LogP) is 3.07. The smallest absolute Gasteiger partial charge is 0.322 e. The van der Waals surface area contributed by atoms with Gasteiger partial charge in [-0.25, -0.2) is 0 Å². The van der Waals surface area contributed by atoms with Crippen LogP contribution in [-0.4, -0.2) is 29.4 Å². The second-order valence-corrected chi connectivity index (χ2v) is 7.94. The Labute approximate surface area is 137 Å². The molecule has 0 aromatic carbocycles. The van der Waals surface area contributed by atoms with Gasteiger partial charge in [0.15, 0.2) is 5.92 Å². The first-order chi connectivity index (χ1) is 10.9. The Morgan fingerprint density at radius 3 is 2.39 bits per heavy atom. The van der Waals surface area contributed by atoms with Crippen molar-refractivity contribution in [3.05, 3.63) is 0 Å². The van der Waals surface area contributed by atoms with Gasteiger partial charge in [-0.05, 0) is 56.3 Å². The Balaban J connectivity index is 1.60. The van der Waals surface area contributed by atoms with Crippen LogP contribution in [0.2, 0.25) is 0 Å². The molecule has 0 aromatic rings. The number of carbonyl (C=O) groups is 2. The molecule has 2 bridgehead atoms. The van der Waals surface area contributed by atoms with Crippen LogP contribution in [0, 0.1) is 35.5 Å². The molecule has 0 spiro atoms. The molecule has 0 saturated heterocycles. The van der Waals surface area contributed by atoms with Crippen LogP contribution in [-0.2, 0) is 19.1 Å². The highest BCUT2D eigenvalue weighted by Crippen LogP contribution is 2.59. The highest BCUT2D eigenvalue weighted by molar-refractivity contribution is 5.93. The third-order valence-corrected chi connectivity index (χ3v) is 6.18. The van der Waals surface area contributed by atoms with E-state index in [2.05, 4.69) is 0 Å². The fraction of sp³-hybridized carbons (Fsp3) is 0.889. The number of carboxylic acids is 1. The van der Waals surface area contributed by atoms with E-state index >= 15 is 0 Å². The summed E-state index contributed by atoms with van der Waals surface area (Å²) in [5.74, 6) is 0.0531. The number of fused-ring (bicyclic) bond motifs is 5. The minimum absolute atomic E-state index is 0.0125. The molecule has 3 aliphatic carbocycles. The molecule has 23 heavy (non-hydrogen) atoms. The van der Waals surface area contributed by atoms with Crippen molar-refractivity contribution in [3.63, 3.8) is 0 Å². The molecule has 5 nitrogen and oxygen atoms in total. The van der Waals surface area contributed by atoms with Crippen LogP contribution < -0.4 is 0 Å². The minimum Gasteiger partial charge on any atom is -0.481 e. The zero-order valence-electron chi connectivity index (χ0n) is 14.2. The van der Waals surface area contributed by atoms with Crippen molar-refractivity contribution in [2.75, 3.05) is 0 Å². The van der Waals surface area contributed by atoms with Gasteiger partial charge >= 0.3 is 11.9 Å². The molecule has 0 aromatic heterocycles. The van der Waals surface area contributed by atoms with Crippen LogP contribution in [0.25, 0.3) is 0 Å². The number of hydrogen-bond acceptors (Lipinski definition) is 4. The van der Waals surface area contributed by atoms with Gasteiger partial charge in [0, 0.05) is 5.92 Å². The van der Waals surface area contributed by atoms with Crippen molar-refractivity contribution in [2.45, 2.75) is 65.3 Å². The second-order valence-electron chi connectivity index (χ2n) is 7.94. The number of carboxylic acid groups (broad SMARTS) is 1. The summed E-state index contributed by atoms with van der Waals surface area (Å²) in [5, 5.41) is 8.94. The molecule has 3 rings (SSSR count). The lowest BCUT2D eigenvalue weighted by Gasteiger charge is -2.34. The Kier molecular flexibility index (Phi) is 4.68. The lowest BCUT2D eigenvalue weighted by Crippen LogP contribution is -2.38. The van der Waals surface area contributed by atoms with Crippen LogP contribution >= 0.6 is 0 Å². The number of aliphatic carboxylic acids is 1. The Morgan fingerprint density at radius 1 is 1.04 bits per heavy atom. The molecule has 0 heterocycles. The average molecular weight is 324 g/mol. The summed E-state index contributed by atoms with van der Waals surface area (Å²) in [5.41, 5.74) is 0. The molecule has 130 valence electrons. The van der Waals surface area contributed by atoms with Gasteiger partial charge in [0.25, 0.3) is 0 Å². The summed E-state index contributed by atoms with van der Waals surface area (Å²) in [6.45, 7) is 5.23. The first-order valence-electron chi connectivity index (χ1n) is 8.97. The molecular weight excluding hydrogens is 296 g/mol. The first-order valence-corrected chi connectivity index (χ1v) is 8.97. The molecule has 3 fully saturated rings. The summed E-state index contributed by atoms with van der Waals surface area (Å²) in [6, 6.07) is 0. The van der Waals surface area contributed by atoms with Gasteiger partial charge in [-0.1, -0.05) is 20.3 Å². The van der Waals surface area contributed by atoms with Crippen molar-refractivity contribution in [1.29, 1.82) is 0 Å². The largest absolute Gasteiger partial charge is 0.481 e. The monoisotopic (exact) mass is 324 g/mol. The summed E-state index contributed by atoms with van der Waals surface area (Å²) in [4.78, 5) is 22.9. The van der Waals surface area contributed by atoms with E-state index in [-0.39, 0.29) is 12.0 Å². The predicted molar refractivity (Wildman–Crippen MR) is 83.4 cm³/mol. The van der Waals surface area contributed by atoms with Crippen molar-refractivity contribution >= 4 is 11.9 Å². The summed E-state index contributed by atoms with van der Waals surface area (Å²) in [7, 11) is 0. The number of carbonyl (C=O) groups excluding carboxylic acids is 1. The van der Waals surface area contributed by atoms with Gasteiger partial charge in [0.1, 0.15) is 0 Å². The van der Waals surface area contributed by atoms with E-state index in [9.17, 15) is 9.59 Å². The number of esters is 1. The first kappa shape index (κ1) is 16.7. The molecule has 5 heteroatoms. The molecule has 7 atom stereocenters. The zero-order valence-corrected chi connectivity index (χ0v) is 14.2. The van der Waals surface area contributed by atoms with Crippen LogP contribution in [0.3, 0.4) is 0 Å². The summed E-state index contributed by atoms with van der Waals surface area (Å²) >= 11 is 0. The van der Waals surface area contributed by atoms with Crippen LogP contribution in [0.5, 0.6) is 0 Å². The maximum Gasteiger partial charge on any atom is 0.322 e. The fourth-order valence-corrected chi connectivity index (χ4v) is 4.97. The van der Waals surface area contributed by atoms with Crippen molar-refractivity contribution in [2.24, 2.45) is 35.5 Å². The second kappa shape index (κ2) is 6.42.